The van der Waals surface area contributed by atoms with Crippen molar-refractivity contribution in [2.75, 3.05) is 44.3 Å². The van der Waals surface area contributed by atoms with Gasteiger partial charge in [-0.3, -0.25) is 4.79 Å². The Morgan fingerprint density at radius 3 is 2.29 bits per heavy atom. The maximum Gasteiger partial charge on any atom is 0.239 e. The highest BCUT2D eigenvalue weighted by atomic mass is 35.5. The molecule has 2 N–H and O–H groups in total. The number of carbonyl (C=O) groups excluding carboxylic acids is 1. The van der Waals surface area contributed by atoms with Gasteiger partial charge in [0.1, 0.15) is 0 Å². The van der Waals surface area contributed by atoms with Gasteiger partial charge < -0.3 is 20.3 Å². The number of hydrogen-bond acceptors (Lipinski definition) is 6. The predicted molar refractivity (Wildman–Crippen MR) is 96.8 cm³/mol. The van der Waals surface area contributed by atoms with Crippen LogP contribution in [0.1, 0.15) is 12.8 Å². The van der Waals surface area contributed by atoms with Gasteiger partial charge in [0.2, 0.25) is 11.9 Å². The van der Waals surface area contributed by atoms with E-state index in [4.69, 9.17) is 10.5 Å². The fourth-order valence-electron chi connectivity index (χ4n) is 3.07. The molecule has 0 spiro atoms. The van der Waals surface area contributed by atoms with E-state index in [0.717, 1.165) is 31.9 Å². The summed E-state index contributed by atoms with van der Waals surface area (Å²) in [5, 5.41) is 0. The molecule has 0 aliphatic carbocycles. The number of nitrogens with zero attached hydrogens (tertiary/aromatic N) is 4. The number of aromatic nitrogens is 2. The summed E-state index contributed by atoms with van der Waals surface area (Å²) in [6, 6.07) is 1.40. The Morgan fingerprint density at radius 2 is 1.71 bits per heavy atom. The number of amides is 1. The summed E-state index contributed by atoms with van der Waals surface area (Å²) in [4.78, 5) is 25.0. The second kappa shape index (κ2) is 9.98. The van der Waals surface area contributed by atoms with Gasteiger partial charge >= 0.3 is 0 Å². The molecule has 0 aromatic carbocycles. The number of ether oxygens (including phenoxy) is 1. The molecule has 24 heavy (non-hydrogen) atoms. The van der Waals surface area contributed by atoms with Gasteiger partial charge in [-0.05, 0) is 24.8 Å². The van der Waals surface area contributed by atoms with Gasteiger partial charge in [-0.2, -0.15) is 0 Å². The van der Waals surface area contributed by atoms with Crippen LogP contribution in [0, 0.1) is 5.92 Å². The molecule has 136 valence electrons. The van der Waals surface area contributed by atoms with Crippen molar-refractivity contribution in [3.05, 3.63) is 18.5 Å². The zero-order chi connectivity index (χ0) is 15.4. The Hall–Kier alpha value is -1.15. The van der Waals surface area contributed by atoms with Crippen LogP contribution in [0.15, 0.2) is 18.5 Å². The molecular formula is C15H25Cl2N5O2. The third-order valence-corrected chi connectivity index (χ3v) is 4.49. The molecular weight excluding hydrogens is 353 g/mol. The lowest BCUT2D eigenvalue weighted by atomic mass is 9.91. The van der Waals surface area contributed by atoms with Crippen molar-refractivity contribution in [2.45, 2.75) is 18.9 Å². The molecule has 2 aliphatic heterocycles. The first-order valence-corrected chi connectivity index (χ1v) is 7.90. The fourth-order valence-corrected chi connectivity index (χ4v) is 3.07. The zero-order valence-electron chi connectivity index (χ0n) is 13.5. The number of carbonyl (C=O) groups is 1. The van der Waals surface area contributed by atoms with E-state index in [-0.39, 0.29) is 36.6 Å². The second-order valence-electron chi connectivity index (χ2n) is 5.84. The first kappa shape index (κ1) is 20.9. The summed E-state index contributed by atoms with van der Waals surface area (Å²) in [6.45, 7) is 4.27. The average Bonchev–Trinajstić information content (AvgIpc) is 2.62. The van der Waals surface area contributed by atoms with E-state index in [2.05, 4.69) is 14.9 Å². The lowest BCUT2D eigenvalue weighted by molar-refractivity contribution is -0.135. The topological polar surface area (TPSA) is 84.6 Å². The second-order valence-corrected chi connectivity index (χ2v) is 5.84. The number of halogens is 2. The van der Waals surface area contributed by atoms with Crippen LogP contribution in [0.2, 0.25) is 0 Å². The van der Waals surface area contributed by atoms with E-state index >= 15 is 0 Å². The van der Waals surface area contributed by atoms with Crippen molar-refractivity contribution in [3.8, 4) is 0 Å². The van der Waals surface area contributed by atoms with E-state index in [9.17, 15) is 4.79 Å². The van der Waals surface area contributed by atoms with Gasteiger partial charge in [-0.25, -0.2) is 9.97 Å². The van der Waals surface area contributed by atoms with Gasteiger partial charge in [0.25, 0.3) is 0 Å². The van der Waals surface area contributed by atoms with Crippen LogP contribution in [-0.2, 0) is 9.53 Å². The largest absolute Gasteiger partial charge is 0.381 e. The van der Waals surface area contributed by atoms with Crippen molar-refractivity contribution in [2.24, 2.45) is 11.7 Å². The quantitative estimate of drug-likeness (QED) is 0.835. The molecule has 7 nitrogen and oxygen atoms in total. The van der Waals surface area contributed by atoms with Crippen LogP contribution in [0.4, 0.5) is 5.95 Å². The molecule has 2 fully saturated rings. The van der Waals surface area contributed by atoms with Gasteiger partial charge in [-0.15, -0.1) is 24.8 Å². The minimum absolute atomic E-state index is 0. The first-order valence-electron chi connectivity index (χ1n) is 7.90. The molecule has 1 atom stereocenters. The van der Waals surface area contributed by atoms with E-state index in [1.54, 1.807) is 18.5 Å². The predicted octanol–water partition coefficient (Wildman–Crippen LogP) is 0.723. The SMILES string of the molecule is Cl.Cl.NC(C(=O)N1CCN(c2ncccn2)CC1)C1CCOCC1. The summed E-state index contributed by atoms with van der Waals surface area (Å²) < 4.78 is 5.34. The Morgan fingerprint density at radius 1 is 1.12 bits per heavy atom. The molecule has 0 radical (unpaired) electrons. The smallest absolute Gasteiger partial charge is 0.239 e. The molecule has 1 aromatic rings. The maximum atomic E-state index is 12.6. The van der Waals surface area contributed by atoms with Crippen LogP contribution < -0.4 is 10.6 Å². The van der Waals surface area contributed by atoms with Crippen LogP contribution in [0.25, 0.3) is 0 Å². The maximum absolute atomic E-state index is 12.6. The lowest BCUT2D eigenvalue weighted by Crippen LogP contribution is -2.55. The van der Waals surface area contributed by atoms with Crippen LogP contribution >= 0.6 is 24.8 Å². The fraction of sp³-hybridized carbons (Fsp3) is 0.667. The monoisotopic (exact) mass is 377 g/mol. The third-order valence-electron chi connectivity index (χ3n) is 4.49. The molecule has 3 heterocycles. The highest BCUT2D eigenvalue weighted by molar-refractivity contribution is 5.85. The summed E-state index contributed by atoms with van der Waals surface area (Å²) >= 11 is 0. The standard InChI is InChI=1S/C15H23N5O2.2ClH/c16-13(12-2-10-22-11-3-12)14(21)19-6-8-20(9-7-19)15-17-4-1-5-18-15;;/h1,4-5,12-13H,2-3,6-11,16H2;2*1H. The Bertz CT molecular complexity index is 494. The Labute approximate surface area is 154 Å². The van der Waals surface area contributed by atoms with E-state index < -0.39 is 6.04 Å². The molecule has 2 saturated heterocycles. The Balaban J connectivity index is 0.00000144. The summed E-state index contributed by atoms with van der Waals surface area (Å²) in [6.07, 6.45) is 5.23. The molecule has 0 bridgehead atoms. The first-order chi connectivity index (χ1) is 10.8. The van der Waals surface area contributed by atoms with E-state index in [0.29, 0.717) is 26.3 Å². The number of rotatable bonds is 3. The number of piperazine rings is 1. The molecule has 9 heteroatoms. The molecule has 3 rings (SSSR count). The van der Waals surface area contributed by atoms with E-state index in [1.807, 2.05) is 4.90 Å². The summed E-state index contributed by atoms with van der Waals surface area (Å²) in [5.74, 6) is 1.04. The highest BCUT2D eigenvalue weighted by Gasteiger charge is 2.31. The molecule has 1 aromatic heterocycles. The minimum atomic E-state index is -0.400. The highest BCUT2D eigenvalue weighted by Crippen LogP contribution is 2.20. The summed E-state index contributed by atoms with van der Waals surface area (Å²) in [5.41, 5.74) is 6.18. The lowest BCUT2D eigenvalue weighted by Gasteiger charge is -2.37. The van der Waals surface area contributed by atoms with Crippen LogP contribution in [0.5, 0.6) is 0 Å². The summed E-state index contributed by atoms with van der Waals surface area (Å²) in [7, 11) is 0. The number of hydrogen-bond donors (Lipinski definition) is 1. The van der Waals surface area contributed by atoms with Gasteiger partial charge in [0.05, 0.1) is 6.04 Å². The van der Waals surface area contributed by atoms with Crippen LogP contribution in [0.3, 0.4) is 0 Å². The van der Waals surface area contributed by atoms with Crippen molar-refractivity contribution in [1.29, 1.82) is 0 Å². The molecule has 1 amide bonds. The zero-order valence-corrected chi connectivity index (χ0v) is 15.2. The minimum Gasteiger partial charge on any atom is -0.381 e. The average molecular weight is 378 g/mol. The molecule has 0 saturated carbocycles. The van der Waals surface area contributed by atoms with Gasteiger partial charge in [-0.1, -0.05) is 0 Å². The third kappa shape index (κ3) is 4.92. The molecule has 2 aliphatic rings. The van der Waals surface area contributed by atoms with Gasteiger partial charge in [0, 0.05) is 51.8 Å². The van der Waals surface area contributed by atoms with E-state index in [1.165, 1.54) is 0 Å². The normalized spacial score (nSPS) is 19.9. The molecule has 1 unspecified atom stereocenters. The number of nitrogens with two attached hydrogens (primary N) is 1. The van der Waals surface area contributed by atoms with Crippen molar-refractivity contribution in [1.82, 2.24) is 14.9 Å². The number of anilines is 1. The van der Waals surface area contributed by atoms with Crippen molar-refractivity contribution >= 4 is 36.7 Å². The van der Waals surface area contributed by atoms with Crippen molar-refractivity contribution < 1.29 is 9.53 Å². The van der Waals surface area contributed by atoms with Crippen LogP contribution in [-0.4, -0.2) is 66.2 Å². The van der Waals surface area contributed by atoms with Gasteiger partial charge in [0.15, 0.2) is 0 Å². The Kier molecular flexibility index (Phi) is 8.69. The van der Waals surface area contributed by atoms with Crippen molar-refractivity contribution in [3.63, 3.8) is 0 Å².